The molecular formula is C12H21N5O2. The molecule has 1 aromatic rings. The molecule has 2 heterocycles. The number of aromatic nitrogens is 3. The topological polar surface area (TPSA) is 72.4 Å². The van der Waals surface area contributed by atoms with Crippen molar-refractivity contribution in [2.75, 3.05) is 37.5 Å². The molecule has 1 aliphatic heterocycles. The Bertz CT molecular complexity index is 429. The zero-order valence-electron chi connectivity index (χ0n) is 11.9. The first-order valence-corrected chi connectivity index (χ1v) is 6.56. The van der Waals surface area contributed by atoms with Crippen molar-refractivity contribution in [3.63, 3.8) is 0 Å². The Labute approximate surface area is 113 Å². The average molecular weight is 267 g/mol. The summed E-state index contributed by atoms with van der Waals surface area (Å²) in [5.41, 5.74) is 0. The maximum Gasteiger partial charge on any atom is 0.323 e. The SMILES string of the molecule is CCOc1nc(NC)nc(N(C)C2CCOC2C)n1. The summed E-state index contributed by atoms with van der Waals surface area (Å²) in [6.45, 7) is 5.27. The highest BCUT2D eigenvalue weighted by atomic mass is 16.5. The van der Waals surface area contributed by atoms with Gasteiger partial charge < -0.3 is 19.7 Å². The largest absolute Gasteiger partial charge is 0.464 e. The molecule has 106 valence electrons. The van der Waals surface area contributed by atoms with Crippen molar-refractivity contribution in [2.24, 2.45) is 0 Å². The monoisotopic (exact) mass is 267 g/mol. The van der Waals surface area contributed by atoms with Crippen LogP contribution in [0.15, 0.2) is 0 Å². The summed E-state index contributed by atoms with van der Waals surface area (Å²) >= 11 is 0. The highest BCUT2D eigenvalue weighted by molar-refractivity contribution is 5.38. The van der Waals surface area contributed by atoms with Gasteiger partial charge in [0.25, 0.3) is 0 Å². The number of ether oxygens (including phenoxy) is 2. The molecule has 1 N–H and O–H groups in total. The molecular weight excluding hydrogens is 246 g/mol. The minimum absolute atomic E-state index is 0.176. The van der Waals surface area contributed by atoms with Gasteiger partial charge in [-0.3, -0.25) is 0 Å². The van der Waals surface area contributed by atoms with Gasteiger partial charge in [-0.15, -0.1) is 0 Å². The summed E-state index contributed by atoms with van der Waals surface area (Å²) in [6.07, 6.45) is 1.15. The summed E-state index contributed by atoms with van der Waals surface area (Å²) in [5, 5.41) is 2.92. The van der Waals surface area contributed by atoms with E-state index in [1.807, 2.05) is 18.9 Å². The molecule has 1 aromatic heterocycles. The third-order valence-corrected chi connectivity index (χ3v) is 3.25. The van der Waals surface area contributed by atoms with Crippen molar-refractivity contribution in [3.05, 3.63) is 0 Å². The molecule has 2 atom stereocenters. The van der Waals surface area contributed by atoms with Gasteiger partial charge in [0.1, 0.15) is 0 Å². The summed E-state index contributed by atoms with van der Waals surface area (Å²) < 4.78 is 11.0. The summed E-state index contributed by atoms with van der Waals surface area (Å²) in [4.78, 5) is 14.9. The van der Waals surface area contributed by atoms with Crippen molar-refractivity contribution in [2.45, 2.75) is 32.4 Å². The van der Waals surface area contributed by atoms with Gasteiger partial charge in [-0.05, 0) is 20.3 Å². The number of nitrogens with zero attached hydrogens (tertiary/aromatic N) is 4. The number of likely N-dealkylation sites (N-methyl/N-ethyl adjacent to an activating group) is 1. The van der Waals surface area contributed by atoms with Gasteiger partial charge in [-0.25, -0.2) is 0 Å². The lowest BCUT2D eigenvalue weighted by Crippen LogP contribution is -2.38. The van der Waals surface area contributed by atoms with Crippen LogP contribution in [0.4, 0.5) is 11.9 Å². The van der Waals surface area contributed by atoms with Gasteiger partial charge in [0.2, 0.25) is 11.9 Å². The Morgan fingerprint density at radius 3 is 2.79 bits per heavy atom. The molecule has 0 radical (unpaired) electrons. The fourth-order valence-corrected chi connectivity index (χ4v) is 2.19. The number of hydrogen-bond donors (Lipinski definition) is 1. The highest BCUT2D eigenvalue weighted by Gasteiger charge is 2.29. The molecule has 1 saturated heterocycles. The molecule has 2 unspecified atom stereocenters. The molecule has 0 aliphatic carbocycles. The lowest BCUT2D eigenvalue weighted by Gasteiger charge is -2.26. The van der Waals surface area contributed by atoms with E-state index in [2.05, 4.69) is 27.2 Å². The molecule has 0 aromatic carbocycles. The van der Waals surface area contributed by atoms with Gasteiger partial charge in [0, 0.05) is 20.7 Å². The molecule has 0 amide bonds. The van der Waals surface area contributed by atoms with Gasteiger partial charge >= 0.3 is 6.01 Å². The van der Waals surface area contributed by atoms with E-state index in [1.54, 1.807) is 7.05 Å². The van der Waals surface area contributed by atoms with Crippen LogP contribution in [0, 0.1) is 0 Å². The second kappa shape index (κ2) is 6.01. The Balaban J connectivity index is 2.24. The molecule has 19 heavy (non-hydrogen) atoms. The van der Waals surface area contributed by atoms with Gasteiger partial charge in [-0.2, -0.15) is 15.0 Å². The van der Waals surface area contributed by atoms with E-state index in [0.717, 1.165) is 13.0 Å². The molecule has 0 bridgehead atoms. The summed E-state index contributed by atoms with van der Waals surface area (Å²) in [7, 11) is 3.75. The molecule has 2 rings (SSSR count). The quantitative estimate of drug-likeness (QED) is 0.850. The van der Waals surface area contributed by atoms with Crippen LogP contribution >= 0.6 is 0 Å². The third-order valence-electron chi connectivity index (χ3n) is 3.25. The number of nitrogens with one attached hydrogen (secondary N) is 1. The zero-order chi connectivity index (χ0) is 13.8. The van der Waals surface area contributed by atoms with Crippen molar-refractivity contribution >= 4 is 11.9 Å². The number of rotatable bonds is 5. The van der Waals surface area contributed by atoms with E-state index in [1.165, 1.54) is 0 Å². The molecule has 0 spiro atoms. The number of anilines is 2. The minimum Gasteiger partial charge on any atom is -0.464 e. The first kappa shape index (κ1) is 13.8. The average Bonchev–Trinajstić information content (AvgIpc) is 2.84. The van der Waals surface area contributed by atoms with Crippen molar-refractivity contribution in [3.8, 4) is 6.01 Å². The lowest BCUT2D eigenvalue weighted by molar-refractivity contribution is 0.118. The van der Waals surface area contributed by atoms with Crippen LogP contribution in [-0.4, -0.2) is 54.4 Å². The predicted molar refractivity (Wildman–Crippen MR) is 72.8 cm³/mol. The minimum atomic E-state index is 0.176. The predicted octanol–water partition coefficient (Wildman–Crippen LogP) is 0.926. The summed E-state index contributed by atoms with van der Waals surface area (Å²) in [5.74, 6) is 1.11. The van der Waals surface area contributed by atoms with E-state index in [9.17, 15) is 0 Å². The summed E-state index contributed by atoms with van der Waals surface area (Å²) in [6, 6.07) is 0.622. The van der Waals surface area contributed by atoms with E-state index >= 15 is 0 Å². The maximum atomic E-state index is 5.58. The second-order valence-corrected chi connectivity index (χ2v) is 4.47. The van der Waals surface area contributed by atoms with Gasteiger partial charge in [0.15, 0.2) is 0 Å². The van der Waals surface area contributed by atoms with Crippen molar-refractivity contribution in [1.29, 1.82) is 0 Å². The Morgan fingerprint density at radius 2 is 2.21 bits per heavy atom. The van der Waals surface area contributed by atoms with E-state index in [0.29, 0.717) is 24.5 Å². The fourth-order valence-electron chi connectivity index (χ4n) is 2.19. The standard InChI is InChI=1S/C12H21N5O2/c1-5-18-12-15-10(13-3)14-11(16-12)17(4)9-6-7-19-8(9)2/h8-9H,5-7H2,1-4H3,(H,13,14,15,16). The Hall–Kier alpha value is -1.63. The van der Waals surface area contributed by atoms with Crippen LogP contribution in [0.2, 0.25) is 0 Å². The highest BCUT2D eigenvalue weighted by Crippen LogP contribution is 2.23. The fraction of sp³-hybridized carbons (Fsp3) is 0.750. The van der Waals surface area contributed by atoms with Gasteiger partial charge in [-0.1, -0.05) is 0 Å². The van der Waals surface area contributed by atoms with Crippen LogP contribution in [0.5, 0.6) is 6.01 Å². The first-order valence-electron chi connectivity index (χ1n) is 6.56. The van der Waals surface area contributed by atoms with Crippen LogP contribution < -0.4 is 15.0 Å². The zero-order valence-corrected chi connectivity index (χ0v) is 11.9. The Kier molecular flexibility index (Phi) is 4.36. The smallest absolute Gasteiger partial charge is 0.323 e. The molecule has 7 heteroatoms. The lowest BCUT2D eigenvalue weighted by atomic mass is 10.1. The normalized spacial score (nSPS) is 22.3. The molecule has 7 nitrogen and oxygen atoms in total. The van der Waals surface area contributed by atoms with E-state index in [4.69, 9.17) is 9.47 Å². The van der Waals surface area contributed by atoms with Crippen molar-refractivity contribution in [1.82, 2.24) is 15.0 Å². The van der Waals surface area contributed by atoms with E-state index in [-0.39, 0.29) is 12.1 Å². The second-order valence-electron chi connectivity index (χ2n) is 4.47. The van der Waals surface area contributed by atoms with Crippen LogP contribution in [0.1, 0.15) is 20.3 Å². The van der Waals surface area contributed by atoms with Crippen molar-refractivity contribution < 1.29 is 9.47 Å². The van der Waals surface area contributed by atoms with Gasteiger partial charge in [0.05, 0.1) is 18.8 Å². The maximum absolute atomic E-state index is 5.58. The molecule has 0 saturated carbocycles. The first-order chi connectivity index (χ1) is 9.15. The third kappa shape index (κ3) is 3.04. The van der Waals surface area contributed by atoms with Crippen LogP contribution in [-0.2, 0) is 4.74 Å². The molecule has 1 aliphatic rings. The van der Waals surface area contributed by atoms with E-state index < -0.39 is 0 Å². The molecule has 1 fully saturated rings. The van der Waals surface area contributed by atoms with Crippen LogP contribution in [0.3, 0.4) is 0 Å². The number of hydrogen-bond acceptors (Lipinski definition) is 7. The van der Waals surface area contributed by atoms with Crippen LogP contribution in [0.25, 0.3) is 0 Å². The Morgan fingerprint density at radius 1 is 1.42 bits per heavy atom.